The molecule has 0 amide bonds. The molecule has 110 valence electrons. The van der Waals surface area contributed by atoms with Crippen LogP contribution in [0.25, 0.3) is 0 Å². The molecule has 0 atom stereocenters. The number of carbonyl (C=O) groups is 1. The number of Topliss-reactive ketones (excluding diaryl/α,β-unsaturated/α-hetero) is 1. The lowest BCUT2D eigenvalue weighted by Gasteiger charge is -2.13. The molecule has 0 saturated heterocycles. The topological polar surface area (TPSA) is 26.3 Å². The molecule has 0 aromatic heterocycles. The molecule has 0 N–H and O–H groups in total. The molecular weight excluding hydrogens is 262 g/mol. The summed E-state index contributed by atoms with van der Waals surface area (Å²) in [6.45, 7) is 0. The van der Waals surface area contributed by atoms with Crippen molar-refractivity contribution >= 4 is 5.78 Å². The molecule has 1 aliphatic carbocycles. The smallest absolute Gasteiger partial charge is 0.169 e. The van der Waals surface area contributed by atoms with Crippen LogP contribution in [0, 0.1) is 17.6 Å². The number of halogens is 2. The first kappa shape index (κ1) is 14.9. The molecule has 1 saturated carbocycles. The van der Waals surface area contributed by atoms with Crippen molar-refractivity contribution in [2.45, 2.75) is 44.9 Å². The van der Waals surface area contributed by atoms with Gasteiger partial charge in [0, 0.05) is 18.6 Å². The third-order valence-corrected chi connectivity index (χ3v) is 3.98. The van der Waals surface area contributed by atoms with Crippen molar-refractivity contribution in [3.05, 3.63) is 29.3 Å². The summed E-state index contributed by atoms with van der Waals surface area (Å²) in [4.78, 5) is 12.1. The zero-order valence-electron chi connectivity index (χ0n) is 11.8. The molecule has 0 bridgehead atoms. The van der Waals surface area contributed by atoms with Gasteiger partial charge in [-0.2, -0.15) is 0 Å². The van der Waals surface area contributed by atoms with Gasteiger partial charge in [-0.05, 0) is 5.92 Å². The molecule has 0 spiro atoms. The number of benzene rings is 1. The first-order chi connectivity index (χ1) is 9.61. The van der Waals surface area contributed by atoms with Gasteiger partial charge in [0.05, 0.1) is 12.7 Å². The Balaban J connectivity index is 2.12. The highest BCUT2D eigenvalue weighted by Crippen LogP contribution is 2.28. The van der Waals surface area contributed by atoms with E-state index < -0.39 is 23.0 Å². The molecule has 1 aliphatic rings. The van der Waals surface area contributed by atoms with Gasteiger partial charge in [0.25, 0.3) is 0 Å². The molecule has 2 rings (SSSR count). The van der Waals surface area contributed by atoms with Gasteiger partial charge >= 0.3 is 0 Å². The van der Waals surface area contributed by atoms with Crippen LogP contribution in [0.5, 0.6) is 5.75 Å². The Hall–Kier alpha value is -1.45. The number of ether oxygens (including phenoxy) is 1. The van der Waals surface area contributed by atoms with Crippen molar-refractivity contribution in [2.24, 2.45) is 5.92 Å². The maximum Gasteiger partial charge on any atom is 0.169 e. The Kier molecular flexibility index (Phi) is 5.10. The molecule has 1 aromatic carbocycles. The third-order valence-electron chi connectivity index (χ3n) is 3.98. The van der Waals surface area contributed by atoms with Gasteiger partial charge in [0.1, 0.15) is 17.4 Å². The van der Waals surface area contributed by atoms with Crippen LogP contribution in [0.4, 0.5) is 8.78 Å². The number of methoxy groups -OCH3 is 1. The second-order valence-corrected chi connectivity index (χ2v) is 5.45. The van der Waals surface area contributed by atoms with Gasteiger partial charge in [-0.15, -0.1) is 0 Å². The predicted molar refractivity (Wildman–Crippen MR) is 73.0 cm³/mol. The molecule has 2 nitrogen and oxygen atoms in total. The summed E-state index contributed by atoms with van der Waals surface area (Å²) >= 11 is 0. The lowest BCUT2D eigenvalue weighted by molar-refractivity contribution is 0.0948. The minimum absolute atomic E-state index is 0.0889. The van der Waals surface area contributed by atoms with Crippen molar-refractivity contribution in [1.82, 2.24) is 0 Å². The monoisotopic (exact) mass is 282 g/mol. The summed E-state index contributed by atoms with van der Waals surface area (Å²) in [5.74, 6) is -1.76. The van der Waals surface area contributed by atoms with E-state index in [-0.39, 0.29) is 18.1 Å². The van der Waals surface area contributed by atoms with Crippen LogP contribution >= 0.6 is 0 Å². The quantitative estimate of drug-likeness (QED) is 0.599. The summed E-state index contributed by atoms with van der Waals surface area (Å²) in [6.07, 6.45) is 6.78. The van der Waals surface area contributed by atoms with Crippen LogP contribution in [0.3, 0.4) is 0 Å². The lowest BCUT2D eigenvalue weighted by Crippen LogP contribution is -2.12. The van der Waals surface area contributed by atoms with Crippen molar-refractivity contribution in [3.8, 4) is 5.75 Å². The molecule has 0 heterocycles. The van der Waals surface area contributed by atoms with Crippen LogP contribution in [-0.4, -0.2) is 12.9 Å². The fourth-order valence-corrected chi connectivity index (χ4v) is 2.87. The first-order valence-corrected chi connectivity index (χ1v) is 7.18. The maximum absolute atomic E-state index is 13.8. The lowest BCUT2D eigenvalue weighted by atomic mass is 9.91. The number of rotatable bonds is 4. The minimum atomic E-state index is -0.833. The van der Waals surface area contributed by atoms with E-state index in [0.717, 1.165) is 37.8 Å². The Bertz CT molecular complexity index is 454. The maximum atomic E-state index is 13.8. The fourth-order valence-electron chi connectivity index (χ4n) is 2.87. The highest BCUT2D eigenvalue weighted by atomic mass is 19.1. The number of hydrogen-bond donors (Lipinski definition) is 0. The molecular formula is C16H20F2O2. The van der Waals surface area contributed by atoms with Crippen molar-refractivity contribution in [2.75, 3.05) is 7.11 Å². The molecule has 1 aromatic rings. The van der Waals surface area contributed by atoms with E-state index in [9.17, 15) is 13.6 Å². The summed E-state index contributed by atoms with van der Waals surface area (Å²) < 4.78 is 32.5. The van der Waals surface area contributed by atoms with E-state index >= 15 is 0 Å². The van der Waals surface area contributed by atoms with Crippen molar-refractivity contribution in [1.29, 1.82) is 0 Å². The summed E-state index contributed by atoms with van der Waals surface area (Å²) in [5, 5.41) is 0. The summed E-state index contributed by atoms with van der Waals surface area (Å²) in [5.41, 5.74) is -0.421. The second-order valence-electron chi connectivity index (χ2n) is 5.45. The number of hydrogen-bond acceptors (Lipinski definition) is 2. The average Bonchev–Trinajstić information content (AvgIpc) is 2.66. The van der Waals surface area contributed by atoms with Crippen LogP contribution in [0.1, 0.15) is 55.3 Å². The van der Waals surface area contributed by atoms with E-state index in [2.05, 4.69) is 0 Å². The van der Waals surface area contributed by atoms with Gasteiger partial charge in [-0.3, -0.25) is 4.79 Å². The molecule has 1 fully saturated rings. The van der Waals surface area contributed by atoms with Gasteiger partial charge < -0.3 is 4.74 Å². The fraction of sp³-hybridized carbons (Fsp3) is 0.562. The molecule has 0 aliphatic heterocycles. The van der Waals surface area contributed by atoms with Gasteiger partial charge in [-0.25, -0.2) is 8.78 Å². The standard InChI is InChI=1S/C16H20F2O2/c1-20-12-9-13(17)16(14(18)10-12)15(19)8-11-6-4-2-3-5-7-11/h9-11H,2-8H2,1H3. The summed E-state index contributed by atoms with van der Waals surface area (Å²) in [7, 11) is 1.33. The van der Waals surface area contributed by atoms with Crippen LogP contribution in [0.15, 0.2) is 12.1 Å². The van der Waals surface area contributed by atoms with Crippen LogP contribution < -0.4 is 4.74 Å². The molecule has 4 heteroatoms. The van der Waals surface area contributed by atoms with Crippen molar-refractivity contribution in [3.63, 3.8) is 0 Å². The van der Waals surface area contributed by atoms with Crippen LogP contribution in [0.2, 0.25) is 0 Å². The molecule has 0 radical (unpaired) electrons. The van der Waals surface area contributed by atoms with Crippen molar-refractivity contribution < 1.29 is 18.3 Å². The molecule has 0 unspecified atom stereocenters. The van der Waals surface area contributed by atoms with E-state index in [1.165, 1.54) is 20.0 Å². The SMILES string of the molecule is COc1cc(F)c(C(=O)CC2CCCCCC2)c(F)c1. The second kappa shape index (κ2) is 6.82. The van der Waals surface area contributed by atoms with E-state index in [4.69, 9.17) is 4.74 Å². The van der Waals surface area contributed by atoms with Gasteiger partial charge in [0.2, 0.25) is 0 Å². The van der Waals surface area contributed by atoms with E-state index in [1.54, 1.807) is 0 Å². The Labute approximate surface area is 118 Å². The largest absolute Gasteiger partial charge is 0.497 e. The number of ketones is 1. The number of carbonyl (C=O) groups excluding carboxylic acids is 1. The van der Waals surface area contributed by atoms with Crippen LogP contribution in [-0.2, 0) is 0 Å². The van der Waals surface area contributed by atoms with Gasteiger partial charge in [-0.1, -0.05) is 38.5 Å². The zero-order valence-corrected chi connectivity index (χ0v) is 11.8. The Morgan fingerprint density at radius 3 is 2.20 bits per heavy atom. The average molecular weight is 282 g/mol. The van der Waals surface area contributed by atoms with Gasteiger partial charge in [0.15, 0.2) is 5.78 Å². The molecule has 20 heavy (non-hydrogen) atoms. The predicted octanol–water partition coefficient (Wildman–Crippen LogP) is 4.52. The zero-order chi connectivity index (χ0) is 14.5. The Morgan fingerprint density at radius 1 is 1.15 bits per heavy atom. The van der Waals surface area contributed by atoms with E-state index in [0.29, 0.717) is 0 Å². The Morgan fingerprint density at radius 2 is 1.70 bits per heavy atom. The van der Waals surface area contributed by atoms with E-state index in [1.807, 2.05) is 0 Å². The normalized spacial score (nSPS) is 16.8. The highest BCUT2D eigenvalue weighted by Gasteiger charge is 2.23. The third kappa shape index (κ3) is 3.56. The first-order valence-electron chi connectivity index (χ1n) is 7.18. The summed E-state index contributed by atoms with van der Waals surface area (Å²) in [6, 6.07) is 2.12. The highest BCUT2D eigenvalue weighted by molar-refractivity contribution is 5.96. The minimum Gasteiger partial charge on any atom is -0.497 e.